The first-order chi connectivity index (χ1) is 15.9. The van der Waals surface area contributed by atoms with Crippen molar-refractivity contribution in [2.75, 3.05) is 0 Å². The largest absolute Gasteiger partial charge is 0.455 e. The van der Waals surface area contributed by atoms with Gasteiger partial charge in [0, 0.05) is 22.7 Å². The number of pyridine rings is 1. The maximum Gasteiger partial charge on any atom is 0.178 e. The van der Waals surface area contributed by atoms with Crippen LogP contribution in [0.5, 0.6) is 0 Å². The Balaban J connectivity index is 1.68. The molecule has 0 fully saturated rings. The van der Waals surface area contributed by atoms with Crippen molar-refractivity contribution in [2.24, 2.45) is 0 Å². The molecular formula is C28H25N3OSi. The van der Waals surface area contributed by atoms with Crippen molar-refractivity contribution < 1.29 is 4.42 Å². The van der Waals surface area contributed by atoms with Gasteiger partial charge in [-0.1, -0.05) is 67.3 Å². The number of aromatic nitrogens is 3. The molecule has 0 bridgehead atoms. The van der Waals surface area contributed by atoms with Gasteiger partial charge >= 0.3 is 0 Å². The topological polar surface area (TPSA) is 43.9 Å². The highest BCUT2D eigenvalue weighted by Crippen LogP contribution is 2.37. The predicted molar refractivity (Wildman–Crippen MR) is 139 cm³/mol. The lowest BCUT2D eigenvalue weighted by atomic mass is 10.1. The van der Waals surface area contributed by atoms with Crippen LogP contribution in [0.15, 0.2) is 83.4 Å². The molecule has 0 aliphatic rings. The molecule has 5 heteroatoms. The zero-order valence-electron chi connectivity index (χ0n) is 19.3. The number of hydrogen-bond acceptors (Lipinski definition) is 3. The number of nitrogens with zero attached hydrogens (tertiary/aromatic N) is 3. The summed E-state index contributed by atoms with van der Waals surface area (Å²) in [4.78, 5) is 9.59. The van der Waals surface area contributed by atoms with E-state index < -0.39 is 8.07 Å². The van der Waals surface area contributed by atoms with Crippen LogP contribution < -0.4 is 5.19 Å². The Morgan fingerprint density at radius 1 is 0.848 bits per heavy atom. The van der Waals surface area contributed by atoms with Crippen LogP contribution in [0.1, 0.15) is 5.56 Å². The Kier molecular flexibility index (Phi) is 4.32. The quantitative estimate of drug-likeness (QED) is 0.279. The molecule has 4 nitrogen and oxygen atoms in total. The van der Waals surface area contributed by atoms with Gasteiger partial charge in [0.1, 0.15) is 11.2 Å². The predicted octanol–water partition coefficient (Wildman–Crippen LogP) is 6.84. The number of imidazole rings is 1. The summed E-state index contributed by atoms with van der Waals surface area (Å²) in [6, 6.07) is 25.5. The first kappa shape index (κ1) is 19.9. The second kappa shape index (κ2) is 7.15. The highest BCUT2D eigenvalue weighted by Gasteiger charge is 2.22. The van der Waals surface area contributed by atoms with Gasteiger partial charge in [0.15, 0.2) is 11.5 Å². The Hall–Kier alpha value is -3.70. The lowest BCUT2D eigenvalue weighted by molar-refractivity contribution is 0.669. The van der Waals surface area contributed by atoms with Gasteiger partial charge < -0.3 is 4.42 Å². The monoisotopic (exact) mass is 447 g/mol. The fourth-order valence-electron chi connectivity index (χ4n) is 4.52. The molecule has 6 aromatic rings. The lowest BCUT2D eigenvalue weighted by Crippen LogP contribution is -2.37. The Labute approximate surface area is 193 Å². The van der Waals surface area contributed by atoms with Crippen LogP contribution in [-0.2, 0) is 0 Å². The van der Waals surface area contributed by atoms with Crippen LogP contribution in [0.2, 0.25) is 19.6 Å². The molecule has 6 rings (SSSR count). The SMILES string of the molecule is Cc1cnc2nc(-c3cccc4c3oc3cc([Si](C)(C)C)ccc34)n(-c3ccccc3)c2c1. The fraction of sp³-hybridized carbons (Fsp3) is 0.143. The van der Waals surface area contributed by atoms with Gasteiger partial charge in [-0.15, -0.1) is 0 Å². The summed E-state index contributed by atoms with van der Waals surface area (Å²) in [7, 11) is -1.44. The normalized spacial score (nSPS) is 12.2. The highest BCUT2D eigenvalue weighted by molar-refractivity contribution is 6.88. The zero-order valence-corrected chi connectivity index (χ0v) is 20.3. The summed E-state index contributed by atoms with van der Waals surface area (Å²) < 4.78 is 8.72. The fourth-order valence-corrected chi connectivity index (χ4v) is 5.67. The number of aryl methyl sites for hydroxylation is 1. The van der Waals surface area contributed by atoms with E-state index >= 15 is 0 Å². The van der Waals surface area contributed by atoms with Crippen molar-refractivity contribution in [3.05, 3.63) is 84.6 Å². The van der Waals surface area contributed by atoms with E-state index in [1.54, 1.807) is 0 Å². The molecular weight excluding hydrogens is 422 g/mol. The number of rotatable bonds is 3. The van der Waals surface area contributed by atoms with Crippen LogP contribution in [0.3, 0.4) is 0 Å². The first-order valence-electron chi connectivity index (χ1n) is 11.3. The Morgan fingerprint density at radius 2 is 1.67 bits per heavy atom. The van der Waals surface area contributed by atoms with Crippen molar-refractivity contribution in [1.29, 1.82) is 0 Å². The number of fused-ring (bicyclic) bond motifs is 4. The maximum absolute atomic E-state index is 6.53. The first-order valence-corrected chi connectivity index (χ1v) is 14.8. The van der Waals surface area contributed by atoms with Crippen molar-refractivity contribution in [3.8, 4) is 17.1 Å². The number of benzene rings is 3. The van der Waals surface area contributed by atoms with E-state index in [0.29, 0.717) is 0 Å². The average Bonchev–Trinajstić information content (AvgIpc) is 3.36. The third-order valence-corrected chi connectivity index (χ3v) is 8.31. The second-order valence-electron chi connectivity index (χ2n) is 9.71. The molecule has 3 aromatic carbocycles. The van der Waals surface area contributed by atoms with E-state index in [1.165, 1.54) is 5.19 Å². The van der Waals surface area contributed by atoms with E-state index in [0.717, 1.165) is 55.7 Å². The number of hydrogen-bond donors (Lipinski definition) is 0. The smallest absolute Gasteiger partial charge is 0.178 e. The summed E-state index contributed by atoms with van der Waals surface area (Å²) in [6.45, 7) is 9.14. The van der Waals surface area contributed by atoms with Crippen molar-refractivity contribution in [1.82, 2.24) is 14.5 Å². The van der Waals surface area contributed by atoms with Crippen molar-refractivity contribution >= 4 is 46.4 Å². The zero-order chi connectivity index (χ0) is 22.7. The van der Waals surface area contributed by atoms with E-state index in [4.69, 9.17) is 9.40 Å². The van der Waals surface area contributed by atoms with Crippen molar-refractivity contribution in [3.63, 3.8) is 0 Å². The highest BCUT2D eigenvalue weighted by atomic mass is 28.3. The molecule has 0 amide bonds. The van der Waals surface area contributed by atoms with Gasteiger partial charge in [-0.05, 0) is 42.8 Å². The summed E-state index contributed by atoms with van der Waals surface area (Å²) in [6.07, 6.45) is 1.87. The van der Waals surface area contributed by atoms with Crippen LogP contribution in [0.25, 0.3) is 50.2 Å². The third-order valence-electron chi connectivity index (χ3n) is 6.27. The van der Waals surface area contributed by atoms with Gasteiger partial charge in [-0.3, -0.25) is 4.57 Å². The van der Waals surface area contributed by atoms with Gasteiger partial charge in [0.2, 0.25) is 0 Å². The van der Waals surface area contributed by atoms with E-state index in [1.807, 2.05) is 24.4 Å². The van der Waals surface area contributed by atoms with E-state index in [2.05, 4.69) is 90.7 Å². The minimum atomic E-state index is -1.44. The van der Waals surface area contributed by atoms with Gasteiger partial charge in [0.05, 0.1) is 19.2 Å². The summed E-state index contributed by atoms with van der Waals surface area (Å²) in [5.41, 5.74) is 6.65. The second-order valence-corrected chi connectivity index (χ2v) is 14.8. The molecule has 3 heterocycles. The molecule has 0 aliphatic heterocycles. The average molecular weight is 448 g/mol. The van der Waals surface area contributed by atoms with Gasteiger partial charge in [0.25, 0.3) is 0 Å². The Morgan fingerprint density at radius 3 is 2.45 bits per heavy atom. The molecule has 0 saturated heterocycles. The van der Waals surface area contributed by atoms with Crippen molar-refractivity contribution in [2.45, 2.75) is 26.6 Å². The molecule has 162 valence electrons. The third kappa shape index (κ3) is 3.19. The lowest BCUT2D eigenvalue weighted by Gasteiger charge is -2.15. The minimum Gasteiger partial charge on any atom is -0.455 e. The maximum atomic E-state index is 6.53. The molecule has 33 heavy (non-hydrogen) atoms. The molecule has 0 saturated carbocycles. The summed E-state index contributed by atoms with van der Waals surface area (Å²) in [5, 5.41) is 3.65. The molecule has 3 aromatic heterocycles. The molecule has 0 atom stereocenters. The molecule has 0 spiro atoms. The summed E-state index contributed by atoms with van der Waals surface area (Å²) in [5.74, 6) is 0.837. The molecule has 0 unspecified atom stereocenters. The number of para-hydroxylation sites is 2. The van der Waals surface area contributed by atoms with Crippen LogP contribution in [0, 0.1) is 6.92 Å². The molecule has 0 aliphatic carbocycles. The molecule has 0 radical (unpaired) electrons. The van der Waals surface area contributed by atoms with Gasteiger partial charge in [-0.2, -0.15) is 0 Å². The van der Waals surface area contributed by atoms with Gasteiger partial charge in [-0.25, -0.2) is 9.97 Å². The minimum absolute atomic E-state index is 0.730. The standard InChI is InChI=1S/C28H25N3OSi/c1-18-15-24-27(29-17-18)30-28(31(24)19-9-6-5-7-10-19)23-12-8-11-22-21-14-13-20(33(2,3)4)16-25(21)32-26(22)23/h5-17H,1-4H3. The van der Waals surface area contributed by atoms with E-state index in [9.17, 15) is 0 Å². The van der Waals surface area contributed by atoms with Crippen LogP contribution in [0.4, 0.5) is 0 Å². The molecule has 0 N–H and O–H groups in total. The van der Waals surface area contributed by atoms with Crippen LogP contribution >= 0.6 is 0 Å². The Bertz CT molecular complexity index is 1660. The van der Waals surface area contributed by atoms with E-state index in [-0.39, 0.29) is 0 Å². The summed E-state index contributed by atoms with van der Waals surface area (Å²) >= 11 is 0. The number of furan rings is 1. The van der Waals surface area contributed by atoms with Crippen LogP contribution in [-0.4, -0.2) is 22.6 Å².